The third kappa shape index (κ3) is 1.72. The van der Waals surface area contributed by atoms with Crippen LogP contribution < -0.4 is 10.9 Å². The van der Waals surface area contributed by atoms with E-state index in [1.54, 1.807) is 0 Å². The second-order valence-electron chi connectivity index (χ2n) is 7.63. The predicted molar refractivity (Wildman–Crippen MR) is 83.6 cm³/mol. The number of fused-ring (bicyclic) bond motifs is 6. The van der Waals surface area contributed by atoms with Crippen molar-refractivity contribution >= 4 is 0 Å². The molecular weight excluding hydrogens is 276 g/mol. The molecule has 0 radical (unpaired) electrons. The zero-order valence-electron chi connectivity index (χ0n) is 12.7. The van der Waals surface area contributed by atoms with Crippen molar-refractivity contribution in [2.75, 3.05) is 6.54 Å². The molecule has 2 saturated carbocycles. The van der Waals surface area contributed by atoms with Crippen LogP contribution in [0.25, 0.3) is 0 Å². The lowest BCUT2D eigenvalue weighted by molar-refractivity contribution is -0.0580. The Morgan fingerprint density at radius 2 is 1.95 bits per heavy atom. The summed E-state index contributed by atoms with van der Waals surface area (Å²) in [5.41, 5.74) is 10.7. The van der Waals surface area contributed by atoms with Gasteiger partial charge < -0.3 is 10.2 Å². The summed E-state index contributed by atoms with van der Waals surface area (Å²) in [5.74, 6) is 1.13. The first kappa shape index (κ1) is 13.5. The van der Waals surface area contributed by atoms with Gasteiger partial charge in [-0.1, -0.05) is 23.8 Å². The van der Waals surface area contributed by atoms with Crippen LogP contribution in [0.5, 0.6) is 0 Å². The van der Waals surface area contributed by atoms with E-state index in [0.717, 1.165) is 25.8 Å². The minimum absolute atomic E-state index is 0.0718. The van der Waals surface area contributed by atoms with Gasteiger partial charge >= 0.3 is 0 Å². The highest BCUT2D eigenvalue weighted by molar-refractivity contribution is 5.48. The van der Waals surface area contributed by atoms with Crippen LogP contribution in [0, 0.1) is 23.7 Å². The zero-order chi connectivity index (χ0) is 14.8. The molecule has 1 aliphatic heterocycles. The van der Waals surface area contributed by atoms with E-state index in [0.29, 0.717) is 17.9 Å². The number of hydrogen-bond acceptors (Lipinski definition) is 4. The third-order valence-electron chi connectivity index (χ3n) is 6.63. The number of rotatable bonds is 0. The van der Waals surface area contributed by atoms with Crippen LogP contribution in [0.2, 0.25) is 0 Å². The molecule has 0 aromatic rings. The molecule has 1 saturated heterocycles. The van der Waals surface area contributed by atoms with E-state index >= 15 is 0 Å². The van der Waals surface area contributed by atoms with E-state index in [2.05, 4.69) is 29.1 Å². The molecule has 4 heteroatoms. The molecule has 22 heavy (non-hydrogen) atoms. The Balaban J connectivity index is 1.60. The van der Waals surface area contributed by atoms with Crippen LogP contribution in [0.3, 0.4) is 0 Å². The number of hydrazine groups is 1. The highest BCUT2D eigenvalue weighted by Crippen LogP contribution is 2.53. The predicted octanol–water partition coefficient (Wildman–Crippen LogP) is 1.04. The van der Waals surface area contributed by atoms with Gasteiger partial charge in [0, 0.05) is 30.3 Å². The SMILES string of the molecule is OC1C2CC3NNCC3C=C2C2=CC=C3CCCC3C2C1O. The molecule has 0 bridgehead atoms. The quantitative estimate of drug-likeness (QED) is 0.540. The highest BCUT2D eigenvalue weighted by atomic mass is 16.3. The average Bonchev–Trinajstić information content (AvgIpc) is 3.18. The lowest BCUT2D eigenvalue weighted by Crippen LogP contribution is -2.52. The molecule has 3 fully saturated rings. The van der Waals surface area contributed by atoms with Gasteiger partial charge in [0.1, 0.15) is 0 Å². The highest BCUT2D eigenvalue weighted by Gasteiger charge is 2.51. The first-order valence-electron chi connectivity index (χ1n) is 8.71. The fourth-order valence-electron chi connectivity index (χ4n) is 5.55. The van der Waals surface area contributed by atoms with E-state index in [1.165, 1.54) is 23.1 Å². The fourth-order valence-corrected chi connectivity index (χ4v) is 5.55. The smallest absolute Gasteiger partial charge is 0.0879 e. The largest absolute Gasteiger partial charge is 0.390 e. The Bertz CT molecular complexity index is 594. The molecule has 0 amide bonds. The van der Waals surface area contributed by atoms with Crippen LogP contribution in [-0.2, 0) is 0 Å². The topological polar surface area (TPSA) is 64.5 Å². The fraction of sp³-hybridized carbons (Fsp3) is 0.667. The van der Waals surface area contributed by atoms with Gasteiger partial charge in [0.15, 0.2) is 0 Å². The van der Waals surface area contributed by atoms with Crippen molar-refractivity contribution < 1.29 is 10.2 Å². The molecule has 0 aromatic carbocycles. The third-order valence-corrected chi connectivity index (χ3v) is 6.63. The van der Waals surface area contributed by atoms with Crippen molar-refractivity contribution in [3.05, 3.63) is 34.9 Å². The molecule has 4 aliphatic carbocycles. The molecule has 118 valence electrons. The molecule has 5 aliphatic rings. The van der Waals surface area contributed by atoms with Crippen molar-refractivity contribution in [2.24, 2.45) is 23.7 Å². The van der Waals surface area contributed by atoms with Crippen LogP contribution in [0.15, 0.2) is 34.9 Å². The van der Waals surface area contributed by atoms with Crippen LogP contribution >= 0.6 is 0 Å². The second kappa shape index (κ2) is 4.78. The summed E-state index contributed by atoms with van der Waals surface area (Å²) in [4.78, 5) is 0. The van der Waals surface area contributed by atoms with Crippen molar-refractivity contribution in [2.45, 2.75) is 43.9 Å². The standard InChI is InChI=1S/C18H24N2O2/c21-17-14-7-15-10(8-19-20-15)6-13(14)12-5-4-9-2-1-3-11(9)16(12)18(17)22/h4-6,10-11,14-22H,1-3,7-8H2. The van der Waals surface area contributed by atoms with Gasteiger partial charge in [-0.2, -0.15) is 0 Å². The Labute approximate surface area is 131 Å². The van der Waals surface area contributed by atoms with E-state index in [-0.39, 0.29) is 11.8 Å². The maximum Gasteiger partial charge on any atom is 0.0879 e. The minimum Gasteiger partial charge on any atom is -0.390 e. The lowest BCUT2D eigenvalue weighted by Gasteiger charge is -2.48. The molecule has 7 unspecified atom stereocenters. The summed E-state index contributed by atoms with van der Waals surface area (Å²) >= 11 is 0. The van der Waals surface area contributed by atoms with E-state index in [4.69, 9.17) is 0 Å². The molecular formula is C18H24N2O2. The number of aliphatic hydroxyl groups is 2. The van der Waals surface area contributed by atoms with Crippen LogP contribution in [0.1, 0.15) is 25.7 Å². The monoisotopic (exact) mass is 300 g/mol. The first-order chi connectivity index (χ1) is 10.7. The van der Waals surface area contributed by atoms with Gasteiger partial charge in [0.25, 0.3) is 0 Å². The molecule has 1 heterocycles. The maximum absolute atomic E-state index is 10.8. The summed E-state index contributed by atoms with van der Waals surface area (Å²) in [6.07, 6.45) is 10.1. The summed E-state index contributed by atoms with van der Waals surface area (Å²) in [6, 6.07) is 0.383. The molecule has 0 spiro atoms. The van der Waals surface area contributed by atoms with Gasteiger partial charge in [-0.25, -0.2) is 0 Å². The maximum atomic E-state index is 10.8. The van der Waals surface area contributed by atoms with Gasteiger partial charge in [-0.3, -0.25) is 10.9 Å². The second-order valence-corrected chi connectivity index (χ2v) is 7.63. The van der Waals surface area contributed by atoms with E-state index in [9.17, 15) is 10.2 Å². The summed E-state index contributed by atoms with van der Waals surface area (Å²) in [7, 11) is 0. The zero-order valence-corrected chi connectivity index (χ0v) is 12.7. The minimum atomic E-state index is -0.628. The van der Waals surface area contributed by atoms with E-state index in [1.807, 2.05) is 0 Å². The number of aliphatic hydroxyl groups excluding tert-OH is 2. The van der Waals surface area contributed by atoms with E-state index < -0.39 is 12.2 Å². The number of allylic oxidation sites excluding steroid dienone is 3. The Morgan fingerprint density at radius 1 is 1.05 bits per heavy atom. The Hall–Kier alpha value is -0.940. The number of nitrogens with one attached hydrogen (secondary N) is 2. The lowest BCUT2D eigenvalue weighted by atomic mass is 9.60. The molecule has 0 aromatic heterocycles. The Morgan fingerprint density at radius 3 is 2.86 bits per heavy atom. The van der Waals surface area contributed by atoms with Crippen molar-refractivity contribution in [3.63, 3.8) is 0 Å². The van der Waals surface area contributed by atoms with Crippen molar-refractivity contribution in [1.29, 1.82) is 0 Å². The normalized spacial score (nSPS) is 49.4. The molecule has 4 N–H and O–H groups in total. The summed E-state index contributed by atoms with van der Waals surface area (Å²) in [6.45, 7) is 0.960. The molecule has 7 atom stereocenters. The summed E-state index contributed by atoms with van der Waals surface area (Å²) in [5, 5.41) is 21.6. The summed E-state index contributed by atoms with van der Waals surface area (Å²) < 4.78 is 0. The van der Waals surface area contributed by atoms with Gasteiger partial charge in [0.2, 0.25) is 0 Å². The molecule has 5 rings (SSSR count). The number of hydrogen-bond donors (Lipinski definition) is 4. The Kier molecular flexibility index (Phi) is 2.93. The average molecular weight is 300 g/mol. The van der Waals surface area contributed by atoms with Crippen LogP contribution in [0.4, 0.5) is 0 Å². The molecule has 4 nitrogen and oxygen atoms in total. The van der Waals surface area contributed by atoms with Gasteiger partial charge in [-0.15, -0.1) is 0 Å². The van der Waals surface area contributed by atoms with Gasteiger partial charge in [-0.05, 0) is 42.7 Å². The van der Waals surface area contributed by atoms with Crippen molar-refractivity contribution in [1.82, 2.24) is 10.9 Å². The first-order valence-corrected chi connectivity index (χ1v) is 8.71. The van der Waals surface area contributed by atoms with Crippen LogP contribution in [-0.4, -0.2) is 35.0 Å². The van der Waals surface area contributed by atoms with Crippen molar-refractivity contribution in [3.8, 4) is 0 Å². The van der Waals surface area contributed by atoms with Gasteiger partial charge in [0.05, 0.1) is 12.2 Å².